The average Bonchev–Trinajstić information content (AvgIpc) is 3.21. The van der Waals surface area contributed by atoms with E-state index in [-0.39, 0.29) is 17.8 Å². The Hall–Kier alpha value is -1.36. The number of likely N-dealkylation sites (tertiary alicyclic amines) is 1. The van der Waals surface area contributed by atoms with Crippen LogP contribution in [0.15, 0.2) is 28.7 Å². The standard InChI is InChI=1S/C15H16BrNO3/c16-12-3-1-11(2-4-12)15(19)20-9-10-7-14(18)17(8-10)13-5-6-13/h1-4,10,13H,5-9H2/t10-/m1/s1. The van der Waals surface area contributed by atoms with E-state index in [0.717, 1.165) is 23.9 Å². The van der Waals surface area contributed by atoms with Crippen LogP contribution in [-0.2, 0) is 9.53 Å². The fourth-order valence-electron chi connectivity index (χ4n) is 2.52. The summed E-state index contributed by atoms with van der Waals surface area (Å²) in [6.45, 7) is 1.06. The lowest BCUT2D eigenvalue weighted by Gasteiger charge is -2.15. The van der Waals surface area contributed by atoms with E-state index in [1.165, 1.54) is 0 Å². The van der Waals surface area contributed by atoms with Gasteiger partial charge in [0.1, 0.15) is 0 Å². The molecule has 5 heteroatoms. The van der Waals surface area contributed by atoms with E-state index in [1.807, 2.05) is 17.0 Å². The topological polar surface area (TPSA) is 46.6 Å². The minimum atomic E-state index is -0.324. The molecular formula is C15H16BrNO3. The maximum absolute atomic E-state index is 11.9. The van der Waals surface area contributed by atoms with Crippen molar-refractivity contribution in [2.45, 2.75) is 25.3 Å². The van der Waals surface area contributed by atoms with Crippen molar-refractivity contribution in [1.29, 1.82) is 0 Å². The second-order valence-electron chi connectivity index (χ2n) is 5.45. The lowest BCUT2D eigenvalue weighted by molar-refractivity contribution is -0.128. The van der Waals surface area contributed by atoms with Gasteiger partial charge in [-0.05, 0) is 37.1 Å². The predicted molar refractivity (Wildman–Crippen MR) is 77.3 cm³/mol. The molecule has 3 rings (SSSR count). The third-order valence-electron chi connectivity index (χ3n) is 3.76. The third-order valence-corrected chi connectivity index (χ3v) is 4.28. The summed E-state index contributed by atoms with van der Waals surface area (Å²) >= 11 is 3.32. The Morgan fingerprint density at radius 2 is 2.00 bits per heavy atom. The molecule has 1 aliphatic carbocycles. The van der Waals surface area contributed by atoms with Crippen LogP contribution in [0, 0.1) is 5.92 Å². The van der Waals surface area contributed by atoms with Crippen molar-refractivity contribution in [3.8, 4) is 0 Å². The summed E-state index contributed by atoms with van der Waals surface area (Å²) < 4.78 is 6.24. The number of hydrogen-bond donors (Lipinski definition) is 0. The number of carbonyl (C=O) groups is 2. The summed E-state index contributed by atoms with van der Waals surface area (Å²) in [5.41, 5.74) is 0.538. The van der Waals surface area contributed by atoms with Gasteiger partial charge in [-0.3, -0.25) is 4.79 Å². The van der Waals surface area contributed by atoms with Gasteiger partial charge in [0.05, 0.1) is 12.2 Å². The lowest BCUT2D eigenvalue weighted by Crippen LogP contribution is -2.27. The van der Waals surface area contributed by atoms with Crippen molar-refractivity contribution in [2.24, 2.45) is 5.92 Å². The number of halogens is 1. The first kappa shape index (κ1) is 13.6. The first-order chi connectivity index (χ1) is 9.63. The highest BCUT2D eigenvalue weighted by atomic mass is 79.9. The van der Waals surface area contributed by atoms with Crippen molar-refractivity contribution in [3.63, 3.8) is 0 Å². The van der Waals surface area contributed by atoms with Crippen LogP contribution in [0.5, 0.6) is 0 Å². The molecule has 0 unspecified atom stereocenters. The molecule has 0 aromatic heterocycles. The van der Waals surface area contributed by atoms with Gasteiger partial charge in [0.15, 0.2) is 0 Å². The Labute approximate surface area is 126 Å². The molecule has 0 N–H and O–H groups in total. The SMILES string of the molecule is O=C(OC[C@@H]1CC(=O)N(C2CC2)C1)c1ccc(Br)cc1. The van der Waals surface area contributed by atoms with Gasteiger partial charge in [0.2, 0.25) is 5.91 Å². The van der Waals surface area contributed by atoms with E-state index >= 15 is 0 Å². The number of ether oxygens (including phenoxy) is 1. The molecule has 2 aliphatic rings. The van der Waals surface area contributed by atoms with Crippen molar-refractivity contribution >= 4 is 27.8 Å². The fourth-order valence-corrected chi connectivity index (χ4v) is 2.79. The Balaban J connectivity index is 1.51. The van der Waals surface area contributed by atoms with Crippen molar-refractivity contribution < 1.29 is 14.3 Å². The molecule has 4 nitrogen and oxygen atoms in total. The Morgan fingerprint density at radius 1 is 1.30 bits per heavy atom. The van der Waals surface area contributed by atoms with Gasteiger partial charge in [0, 0.05) is 29.4 Å². The van der Waals surface area contributed by atoms with Crippen LogP contribution in [0.3, 0.4) is 0 Å². The van der Waals surface area contributed by atoms with Gasteiger partial charge in [-0.1, -0.05) is 15.9 Å². The quantitative estimate of drug-likeness (QED) is 0.793. The molecule has 1 saturated carbocycles. The summed E-state index contributed by atoms with van der Waals surface area (Å²) in [6, 6.07) is 7.52. The second kappa shape index (κ2) is 5.56. The molecular weight excluding hydrogens is 322 g/mol. The van der Waals surface area contributed by atoms with Gasteiger partial charge < -0.3 is 9.64 Å². The van der Waals surface area contributed by atoms with E-state index in [1.54, 1.807) is 12.1 Å². The molecule has 1 aromatic rings. The minimum Gasteiger partial charge on any atom is -0.462 e. The molecule has 1 aromatic carbocycles. The average molecular weight is 338 g/mol. The summed E-state index contributed by atoms with van der Waals surface area (Å²) in [6.07, 6.45) is 2.75. The number of nitrogens with zero attached hydrogens (tertiary/aromatic N) is 1. The number of rotatable bonds is 4. The van der Waals surface area contributed by atoms with Crippen molar-refractivity contribution in [3.05, 3.63) is 34.3 Å². The largest absolute Gasteiger partial charge is 0.462 e. The molecule has 1 amide bonds. The molecule has 0 radical (unpaired) electrons. The van der Waals surface area contributed by atoms with Crippen LogP contribution in [0.2, 0.25) is 0 Å². The molecule has 0 bridgehead atoms. The zero-order valence-electron chi connectivity index (χ0n) is 11.0. The fraction of sp³-hybridized carbons (Fsp3) is 0.467. The Kier molecular flexibility index (Phi) is 3.78. The van der Waals surface area contributed by atoms with Gasteiger partial charge in [-0.2, -0.15) is 0 Å². The highest BCUT2D eigenvalue weighted by Crippen LogP contribution is 2.32. The molecule has 0 spiro atoms. The normalized spacial score (nSPS) is 22.1. The van der Waals surface area contributed by atoms with E-state index in [0.29, 0.717) is 24.6 Å². The summed E-state index contributed by atoms with van der Waals surface area (Å²) in [5, 5.41) is 0. The van der Waals surface area contributed by atoms with E-state index in [9.17, 15) is 9.59 Å². The molecule has 1 aliphatic heterocycles. The van der Waals surface area contributed by atoms with Crippen LogP contribution in [0.25, 0.3) is 0 Å². The highest BCUT2D eigenvalue weighted by molar-refractivity contribution is 9.10. The van der Waals surface area contributed by atoms with Gasteiger partial charge in [0.25, 0.3) is 0 Å². The molecule has 20 heavy (non-hydrogen) atoms. The van der Waals surface area contributed by atoms with Crippen molar-refractivity contribution in [1.82, 2.24) is 4.90 Å². The lowest BCUT2D eigenvalue weighted by atomic mass is 10.1. The monoisotopic (exact) mass is 337 g/mol. The zero-order valence-corrected chi connectivity index (χ0v) is 12.6. The molecule has 2 fully saturated rings. The van der Waals surface area contributed by atoms with E-state index in [4.69, 9.17) is 4.74 Å². The number of amides is 1. The molecule has 1 atom stereocenters. The first-order valence-corrected chi connectivity index (χ1v) is 7.65. The van der Waals surface area contributed by atoms with Crippen molar-refractivity contribution in [2.75, 3.05) is 13.2 Å². The summed E-state index contributed by atoms with van der Waals surface area (Å²) in [7, 11) is 0. The predicted octanol–water partition coefficient (Wildman–Crippen LogP) is 2.62. The number of carbonyl (C=O) groups excluding carboxylic acids is 2. The van der Waals surface area contributed by atoms with Crippen LogP contribution in [-0.4, -0.2) is 36.0 Å². The first-order valence-electron chi connectivity index (χ1n) is 6.85. The van der Waals surface area contributed by atoms with Crippen LogP contribution < -0.4 is 0 Å². The molecule has 1 saturated heterocycles. The minimum absolute atomic E-state index is 0.141. The number of hydrogen-bond acceptors (Lipinski definition) is 3. The zero-order chi connectivity index (χ0) is 14.1. The summed E-state index contributed by atoms with van der Waals surface area (Å²) in [4.78, 5) is 25.6. The van der Waals surface area contributed by atoms with Gasteiger partial charge >= 0.3 is 5.97 Å². The summed E-state index contributed by atoms with van der Waals surface area (Å²) in [5.74, 6) is 0.0227. The number of esters is 1. The molecule has 106 valence electrons. The maximum Gasteiger partial charge on any atom is 0.338 e. The van der Waals surface area contributed by atoms with Crippen LogP contribution in [0.1, 0.15) is 29.6 Å². The van der Waals surface area contributed by atoms with Gasteiger partial charge in [-0.25, -0.2) is 4.79 Å². The highest BCUT2D eigenvalue weighted by Gasteiger charge is 2.39. The third kappa shape index (κ3) is 3.03. The Bertz CT molecular complexity index is 524. The maximum atomic E-state index is 11.9. The smallest absolute Gasteiger partial charge is 0.338 e. The molecule has 1 heterocycles. The number of benzene rings is 1. The van der Waals surface area contributed by atoms with E-state index in [2.05, 4.69) is 15.9 Å². The second-order valence-corrected chi connectivity index (χ2v) is 6.37. The van der Waals surface area contributed by atoms with Gasteiger partial charge in [-0.15, -0.1) is 0 Å². The van der Waals surface area contributed by atoms with Crippen LogP contribution >= 0.6 is 15.9 Å². The van der Waals surface area contributed by atoms with E-state index < -0.39 is 0 Å². The van der Waals surface area contributed by atoms with Crippen LogP contribution in [0.4, 0.5) is 0 Å². The Morgan fingerprint density at radius 3 is 2.65 bits per heavy atom.